The fraction of sp³-hybridized carbons (Fsp3) is 0.722. The van der Waals surface area contributed by atoms with Crippen LogP contribution in [0.4, 0.5) is 0 Å². The fourth-order valence-electron chi connectivity index (χ4n) is 2.69. The Hall–Kier alpha value is -1.85. The van der Waals surface area contributed by atoms with Gasteiger partial charge in [-0.3, -0.25) is 14.3 Å². The highest BCUT2D eigenvalue weighted by Gasteiger charge is 2.43. The van der Waals surface area contributed by atoms with Gasteiger partial charge >= 0.3 is 11.9 Å². The van der Waals surface area contributed by atoms with Crippen LogP contribution in [0, 0.1) is 19.3 Å². The second-order valence-corrected chi connectivity index (χ2v) is 6.23. The number of esters is 2. The van der Waals surface area contributed by atoms with Gasteiger partial charge in [-0.1, -0.05) is 12.8 Å². The molecule has 0 radical (unpaired) electrons. The quantitative estimate of drug-likeness (QED) is 0.372. The highest BCUT2D eigenvalue weighted by atomic mass is 16.6. The molecular formula is C18H30N2O4. The lowest BCUT2D eigenvalue weighted by Gasteiger charge is -2.24. The van der Waals surface area contributed by atoms with Crippen molar-refractivity contribution < 1.29 is 19.1 Å². The topological polar surface area (TPSA) is 70.4 Å². The molecule has 1 aromatic rings. The molecular weight excluding hydrogens is 308 g/mol. The number of carbonyl (C=O) groups excluding carboxylic acids is 2. The Morgan fingerprint density at radius 3 is 2.12 bits per heavy atom. The van der Waals surface area contributed by atoms with Crippen molar-refractivity contribution in [1.29, 1.82) is 0 Å². The molecule has 0 aliphatic rings. The summed E-state index contributed by atoms with van der Waals surface area (Å²) in [7, 11) is 0. The van der Waals surface area contributed by atoms with Crippen LogP contribution in [0.2, 0.25) is 0 Å². The minimum Gasteiger partial charge on any atom is -0.465 e. The summed E-state index contributed by atoms with van der Waals surface area (Å²) in [6, 6.07) is 2.05. The minimum absolute atomic E-state index is 0.256. The van der Waals surface area contributed by atoms with E-state index in [0.29, 0.717) is 6.42 Å². The number of aromatic nitrogens is 2. The predicted molar refractivity (Wildman–Crippen MR) is 91.5 cm³/mol. The molecule has 24 heavy (non-hydrogen) atoms. The summed E-state index contributed by atoms with van der Waals surface area (Å²) in [5.74, 6) is -0.996. The van der Waals surface area contributed by atoms with Crippen LogP contribution in [0.1, 0.15) is 57.8 Å². The number of ether oxygens (including phenoxy) is 2. The molecule has 0 fully saturated rings. The van der Waals surface area contributed by atoms with Gasteiger partial charge in [0.05, 0.1) is 18.9 Å². The van der Waals surface area contributed by atoms with Crippen LogP contribution in [0.15, 0.2) is 6.07 Å². The Labute approximate surface area is 144 Å². The van der Waals surface area contributed by atoms with E-state index in [1.807, 2.05) is 18.5 Å². The van der Waals surface area contributed by atoms with Gasteiger partial charge in [0.25, 0.3) is 0 Å². The van der Waals surface area contributed by atoms with Gasteiger partial charge in [-0.2, -0.15) is 5.10 Å². The first-order valence-corrected chi connectivity index (χ1v) is 8.70. The summed E-state index contributed by atoms with van der Waals surface area (Å²) in [6.07, 6.45) is 3.05. The monoisotopic (exact) mass is 338 g/mol. The zero-order chi connectivity index (χ0) is 18.2. The Balaban J connectivity index is 2.51. The number of aryl methyl sites for hydroxylation is 3. The summed E-state index contributed by atoms with van der Waals surface area (Å²) >= 11 is 0. The molecule has 0 atom stereocenters. The van der Waals surface area contributed by atoms with E-state index in [2.05, 4.69) is 11.2 Å². The van der Waals surface area contributed by atoms with Gasteiger partial charge in [0.1, 0.15) is 0 Å². The molecule has 0 saturated carbocycles. The second-order valence-electron chi connectivity index (χ2n) is 6.23. The molecule has 0 aromatic carbocycles. The summed E-state index contributed by atoms with van der Waals surface area (Å²) < 4.78 is 12.1. The molecule has 0 aliphatic heterocycles. The second kappa shape index (κ2) is 9.45. The van der Waals surface area contributed by atoms with Crippen LogP contribution in [0.5, 0.6) is 0 Å². The predicted octanol–water partition coefficient (Wildman–Crippen LogP) is 3.19. The maximum absolute atomic E-state index is 12.2. The average molecular weight is 338 g/mol. The highest BCUT2D eigenvalue weighted by Crippen LogP contribution is 2.28. The van der Waals surface area contributed by atoms with Crippen LogP contribution < -0.4 is 0 Å². The molecule has 0 amide bonds. The molecule has 0 N–H and O–H groups in total. The molecule has 6 nitrogen and oxygen atoms in total. The van der Waals surface area contributed by atoms with E-state index in [-0.39, 0.29) is 13.2 Å². The van der Waals surface area contributed by atoms with E-state index in [0.717, 1.165) is 37.2 Å². The van der Waals surface area contributed by atoms with Gasteiger partial charge in [-0.15, -0.1) is 0 Å². The van der Waals surface area contributed by atoms with Crippen molar-refractivity contribution in [2.75, 3.05) is 13.2 Å². The lowest BCUT2D eigenvalue weighted by atomic mass is 9.84. The first kappa shape index (κ1) is 20.2. The van der Waals surface area contributed by atoms with E-state index < -0.39 is 17.4 Å². The highest BCUT2D eigenvalue weighted by molar-refractivity contribution is 5.99. The first-order chi connectivity index (χ1) is 11.3. The van der Waals surface area contributed by atoms with E-state index in [1.165, 1.54) is 0 Å². The largest absolute Gasteiger partial charge is 0.465 e. The number of hydrogen-bond donors (Lipinski definition) is 0. The zero-order valence-corrected chi connectivity index (χ0v) is 15.6. The van der Waals surface area contributed by atoms with Crippen molar-refractivity contribution in [3.63, 3.8) is 0 Å². The van der Waals surface area contributed by atoms with Crippen LogP contribution >= 0.6 is 0 Å². The average Bonchev–Trinajstić information content (AvgIpc) is 2.84. The van der Waals surface area contributed by atoms with Crippen LogP contribution in [0.3, 0.4) is 0 Å². The van der Waals surface area contributed by atoms with Crippen LogP contribution in [0.25, 0.3) is 0 Å². The van der Waals surface area contributed by atoms with E-state index in [1.54, 1.807) is 20.8 Å². The molecule has 1 heterocycles. The maximum Gasteiger partial charge on any atom is 0.323 e. The van der Waals surface area contributed by atoms with Gasteiger partial charge in [0, 0.05) is 12.2 Å². The lowest BCUT2D eigenvalue weighted by Crippen LogP contribution is -2.39. The first-order valence-electron chi connectivity index (χ1n) is 8.70. The number of carbonyl (C=O) groups is 2. The van der Waals surface area contributed by atoms with Crippen LogP contribution in [-0.2, 0) is 25.6 Å². The Morgan fingerprint density at radius 2 is 1.67 bits per heavy atom. The number of nitrogens with zero attached hydrogens (tertiary/aromatic N) is 2. The fourth-order valence-corrected chi connectivity index (χ4v) is 2.69. The van der Waals surface area contributed by atoms with Gasteiger partial charge in [-0.25, -0.2) is 0 Å². The maximum atomic E-state index is 12.2. The molecule has 0 saturated heterocycles. The molecule has 0 bridgehead atoms. The molecule has 1 aromatic heterocycles. The minimum atomic E-state index is -1.22. The van der Waals surface area contributed by atoms with E-state index in [9.17, 15) is 9.59 Å². The number of unbranched alkanes of at least 4 members (excludes halogenated alkanes) is 2. The smallest absolute Gasteiger partial charge is 0.323 e. The summed E-state index contributed by atoms with van der Waals surface area (Å²) in [5.41, 5.74) is 0.949. The van der Waals surface area contributed by atoms with Crippen molar-refractivity contribution in [2.24, 2.45) is 5.41 Å². The van der Waals surface area contributed by atoms with E-state index in [4.69, 9.17) is 9.47 Å². The number of rotatable bonds is 10. The van der Waals surface area contributed by atoms with Gasteiger partial charge < -0.3 is 9.47 Å². The molecule has 0 spiro atoms. The van der Waals surface area contributed by atoms with Gasteiger partial charge in [0.15, 0.2) is 5.41 Å². The van der Waals surface area contributed by atoms with Crippen molar-refractivity contribution in [2.45, 2.75) is 66.8 Å². The van der Waals surface area contributed by atoms with Crippen molar-refractivity contribution >= 4 is 11.9 Å². The van der Waals surface area contributed by atoms with Crippen molar-refractivity contribution in [1.82, 2.24) is 9.78 Å². The summed E-state index contributed by atoms with van der Waals surface area (Å²) in [4.78, 5) is 24.4. The normalized spacial score (nSPS) is 11.4. The van der Waals surface area contributed by atoms with Crippen LogP contribution in [-0.4, -0.2) is 34.9 Å². The SMILES string of the molecule is CCOC(=O)C(C)(CCCCCn1nc(C)cc1C)C(=O)OCC. The van der Waals surface area contributed by atoms with Gasteiger partial charge in [-0.05, 0) is 53.5 Å². The molecule has 0 unspecified atom stereocenters. The summed E-state index contributed by atoms with van der Waals surface area (Å²) in [6.45, 7) is 10.5. The molecule has 0 aliphatic carbocycles. The number of hydrogen-bond acceptors (Lipinski definition) is 5. The third-order valence-electron chi connectivity index (χ3n) is 4.10. The Bertz CT molecular complexity index is 533. The molecule has 136 valence electrons. The van der Waals surface area contributed by atoms with Crippen molar-refractivity contribution in [3.8, 4) is 0 Å². The zero-order valence-electron chi connectivity index (χ0n) is 15.6. The third-order valence-corrected chi connectivity index (χ3v) is 4.10. The van der Waals surface area contributed by atoms with Crippen molar-refractivity contribution in [3.05, 3.63) is 17.5 Å². The van der Waals surface area contributed by atoms with E-state index >= 15 is 0 Å². The summed E-state index contributed by atoms with van der Waals surface area (Å²) in [5, 5.41) is 4.43. The third kappa shape index (κ3) is 5.35. The standard InChI is InChI=1S/C18H30N2O4/c1-6-23-16(21)18(5,17(22)24-7-2)11-9-8-10-12-20-15(4)13-14(3)19-20/h13H,6-12H2,1-5H3. The molecule has 6 heteroatoms. The Kier molecular flexibility index (Phi) is 7.95. The Morgan fingerprint density at radius 1 is 1.08 bits per heavy atom. The lowest BCUT2D eigenvalue weighted by molar-refractivity contribution is -0.171. The molecule has 1 rings (SSSR count). The van der Waals surface area contributed by atoms with Gasteiger partial charge in [0.2, 0.25) is 0 Å².